The molecule has 146 valence electrons. The summed E-state index contributed by atoms with van der Waals surface area (Å²) in [4.78, 5) is 15.0. The fraction of sp³-hybridized carbons (Fsp3) is 0.474. The first kappa shape index (κ1) is 17.2. The number of aliphatic hydroxyl groups is 1. The van der Waals surface area contributed by atoms with Crippen LogP contribution in [0.2, 0.25) is 0 Å². The maximum atomic E-state index is 13.2. The maximum Gasteiger partial charge on any atom is 0.258 e. The van der Waals surface area contributed by atoms with Crippen LogP contribution in [-0.4, -0.2) is 52.2 Å². The molecule has 3 aromatic heterocycles. The first-order valence-electron chi connectivity index (χ1n) is 9.59. The lowest BCUT2D eigenvalue weighted by molar-refractivity contribution is 0.0704. The first-order chi connectivity index (χ1) is 13.5. The molecule has 1 saturated carbocycles. The second kappa shape index (κ2) is 6.30. The Morgan fingerprint density at radius 1 is 1.36 bits per heavy atom. The van der Waals surface area contributed by atoms with Crippen molar-refractivity contribution in [2.75, 3.05) is 6.54 Å². The minimum Gasteiger partial charge on any atom is -0.380 e. The van der Waals surface area contributed by atoms with E-state index in [9.17, 15) is 9.90 Å². The molecule has 4 heterocycles. The molecule has 0 unspecified atom stereocenters. The van der Waals surface area contributed by atoms with Gasteiger partial charge in [0.05, 0.1) is 41.4 Å². The molecule has 2 aliphatic rings. The lowest BCUT2D eigenvalue weighted by atomic mass is 10.1. The highest BCUT2D eigenvalue weighted by Gasteiger charge is 2.34. The van der Waals surface area contributed by atoms with E-state index in [1.807, 2.05) is 22.6 Å². The number of hydrogen-bond acceptors (Lipinski definition) is 5. The number of nitrogens with zero attached hydrogens (tertiary/aromatic N) is 6. The number of nitrogens with one attached hydrogen (secondary N) is 1. The van der Waals surface area contributed by atoms with Gasteiger partial charge in [-0.25, -0.2) is 0 Å². The van der Waals surface area contributed by atoms with E-state index in [2.05, 4.69) is 20.4 Å². The average molecular weight is 381 g/mol. The zero-order chi connectivity index (χ0) is 19.4. The number of aromatic nitrogens is 6. The van der Waals surface area contributed by atoms with Crippen LogP contribution >= 0.6 is 0 Å². The van der Waals surface area contributed by atoms with Gasteiger partial charge in [0.25, 0.3) is 5.91 Å². The highest BCUT2D eigenvalue weighted by Crippen LogP contribution is 2.41. The van der Waals surface area contributed by atoms with E-state index in [1.54, 1.807) is 24.0 Å². The summed E-state index contributed by atoms with van der Waals surface area (Å²) in [5, 5.41) is 26.7. The molecule has 0 bridgehead atoms. The summed E-state index contributed by atoms with van der Waals surface area (Å²) in [7, 11) is 1.79. The molecule has 9 heteroatoms. The molecule has 2 N–H and O–H groups in total. The summed E-state index contributed by atoms with van der Waals surface area (Å²) in [6.45, 7) is 3.57. The van der Waals surface area contributed by atoms with Crippen LogP contribution in [0.1, 0.15) is 63.7 Å². The van der Waals surface area contributed by atoms with Crippen LogP contribution in [0.4, 0.5) is 0 Å². The standard InChI is InChI=1S/C19H23N7O2/c1-11-16(17(22-21-11)12-3-4-12)19(28)25-7-8-26-13(10-25)9-14(23-26)18(27)15-5-6-20-24(15)2/h5-6,9,12,18,27H,3-4,7-8,10H2,1-2H3,(H,21,22)/t18-/m1/s1. The van der Waals surface area contributed by atoms with Crippen LogP contribution in [0, 0.1) is 6.92 Å². The van der Waals surface area contributed by atoms with Crippen molar-refractivity contribution in [1.29, 1.82) is 0 Å². The minimum atomic E-state index is -0.840. The van der Waals surface area contributed by atoms with E-state index < -0.39 is 6.10 Å². The third-order valence-corrected chi connectivity index (χ3v) is 5.68. The quantitative estimate of drug-likeness (QED) is 0.708. The number of aromatic amines is 1. The summed E-state index contributed by atoms with van der Waals surface area (Å²) < 4.78 is 3.52. The molecule has 0 aromatic carbocycles. The van der Waals surface area contributed by atoms with Gasteiger partial charge < -0.3 is 10.0 Å². The van der Waals surface area contributed by atoms with Crippen molar-refractivity contribution in [1.82, 2.24) is 34.7 Å². The van der Waals surface area contributed by atoms with Crippen molar-refractivity contribution in [3.8, 4) is 0 Å². The highest BCUT2D eigenvalue weighted by molar-refractivity contribution is 5.96. The Morgan fingerprint density at radius 2 is 2.18 bits per heavy atom. The number of aliphatic hydroxyl groups excluding tert-OH is 1. The summed E-state index contributed by atoms with van der Waals surface area (Å²) in [6.07, 6.45) is 3.02. The number of aryl methyl sites for hydroxylation is 2. The number of amides is 1. The van der Waals surface area contributed by atoms with Gasteiger partial charge in [0.2, 0.25) is 0 Å². The monoisotopic (exact) mass is 381 g/mol. The zero-order valence-corrected chi connectivity index (χ0v) is 16.0. The Morgan fingerprint density at radius 3 is 2.89 bits per heavy atom. The van der Waals surface area contributed by atoms with Crippen LogP contribution in [-0.2, 0) is 20.1 Å². The van der Waals surface area contributed by atoms with E-state index >= 15 is 0 Å². The minimum absolute atomic E-state index is 0.0225. The van der Waals surface area contributed by atoms with Crippen LogP contribution in [0.25, 0.3) is 0 Å². The second-order valence-electron chi connectivity index (χ2n) is 7.68. The number of carbonyl (C=O) groups is 1. The average Bonchev–Trinajstić information content (AvgIpc) is 3.11. The Bertz CT molecular complexity index is 1040. The molecule has 0 spiro atoms. The Kier molecular flexibility index (Phi) is 3.87. The predicted molar refractivity (Wildman–Crippen MR) is 99.5 cm³/mol. The number of carbonyl (C=O) groups excluding carboxylic acids is 1. The smallest absolute Gasteiger partial charge is 0.258 e. The summed E-state index contributed by atoms with van der Waals surface area (Å²) in [6, 6.07) is 3.65. The molecule has 5 rings (SSSR count). The third-order valence-electron chi connectivity index (χ3n) is 5.68. The van der Waals surface area contributed by atoms with Crippen LogP contribution in [0.5, 0.6) is 0 Å². The Labute approximate surface area is 162 Å². The number of hydrogen-bond donors (Lipinski definition) is 2. The second-order valence-corrected chi connectivity index (χ2v) is 7.68. The van der Waals surface area contributed by atoms with Gasteiger partial charge in [-0.1, -0.05) is 0 Å². The zero-order valence-electron chi connectivity index (χ0n) is 16.0. The summed E-state index contributed by atoms with van der Waals surface area (Å²) in [5.41, 5.74) is 4.65. The summed E-state index contributed by atoms with van der Waals surface area (Å²) in [5.74, 6) is 0.439. The molecule has 1 aliphatic carbocycles. The Hall–Kier alpha value is -2.94. The van der Waals surface area contributed by atoms with Crippen molar-refractivity contribution in [3.63, 3.8) is 0 Å². The molecule has 1 fully saturated rings. The van der Waals surface area contributed by atoms with Gasteiger partial charge in [-0.3, -0.25) is 19.3 Å². The van der Waals surface area contributed by atoms with Gasteiger partial charge >= 0.3 is 0 Å². The SMILES string of the molecule is Cc1[nH]nc(C2CC2)c1C(=O)N1CCn2nc([C@@H](O)c3ccnn3C)cc2C1. The van der Waals surface area contributed by atoms with E-state index in [-0.39, 0.29) is 5.91 Å². The molecule has 1 amide bonds. The number of rotatable bonds is 4. The number of fused-ring (bicyclic) bond motifs is 1. The van der Waals surface area contributed by atoms with Crippen molar-refractivity contribution in [2.24, 2.45) is 7.05 Å². The third kappa shape index (κ3) is 2.73. The predicted octanol–water partition coefficient (Wildman–Crippen LogP) is 1.26. The van der Waals surface area contributed by atoms with E-state index in [0.29, 0.717) is 36.9 Å². The lowest BCUT2D eigenvalue weighted by Gasteiger charge is -2.28. The molecule has 0 radical (unpaired) electrons. The lowest BCUT2D eigenvalue weighted by Crippen LogP contribution is -2.38. The van der Waals surface area contributed by atoms with Crippen molar-refractivity contribution >= 4 is 5.91 Å². The highest BCUT2D eigenvalue weighted by atomic mass is 16.3. The van der Waals surface area contributed by atoms with E-state index in [1.165, 1.54) is 0 Å². The van der Waals surface area contributed by atoms with Gasteiger partial charge in [-0.05, 0) is 31.9 Å². The Balaban J connectivity index is 1.39. The summed E-state index contributed by atoms with van der Waals surface area (Å²) >= 11 is 0. The normalized spacial score (nSPS) is 17.6. The van der Waals surface area contributed by atoms with Crippen molar-refractivity contribution in [3.05, 3.63) is 52.4 Å². The van der Waals surface area contributed by atoms with Gasteiger partial charge in [0, 0.05) is 31.4 Å². The molecule has 9 nitrogen and oxygen atoms in total. The van der Waals surface area contributed by atoms with E-state index in [0.717, 1.165) is 35.5 Å². The van der Waals surface area contributed by atoms with Gasteiger partial charge in [-0.15, -0.1) is 0 Å². The fourth-order valence-corrected chi connectivity index (χ4v) is 3.93. The first-order valence-corrected chi connectivity index (χ1v) is 9.59. The molecule has 0 saturated heterocycles. The molecule has 3 aromatic rings. The van der Waals surface area contributed by atoms with Gasteiger partial charge in [0.15, 0.2) is 0 Å². The number of H-pyrrole nitrogens is 1. The van der Waals surface area contributed by atoms with E-state index in [4.69, 9.17) is 0 Å². The fourth-order valence-electron chi connectivity index (χ4n) is 3.93. The van der Waals surface area contributed by atoms with Crippen molar-refractivity contribution < 1.29 is 9.90 Å². The van der Waals surface area contributed by atoms with Crippen LogP contribution in [0.15, 0.2) is 18.3 Å². The molecular formula is C19H23N7O2. The molecule has 1 aliphatic heterocycles. The van der Waals surface area contributed by atoms with Crippen LogP contribution < -0.4 is 0 Å². The maximum absolute atomic E-state index is 13.2. The molecule has 28 heavy (non-hydrogen) atoms. The molecule has 1 atom stereocenters. The largest absolute Gasteiger partial charge is 0.380 e. The topological polar surface area (TPSA) is 105 Å². The van der Waals surface area contributed by atoms with Crippen LogP contribution in [0.3, 0.4) is 0 Å². The molecular weight excluding hydrogens is 358 g/mol. The van der Waals surface area contributed by atoms with Gasteiger partial charge in [-0.2, -0.15) is 15.3 Å². The van der Waals surface area contributed by atoms with Gasteiger partial charge in [0.1, 0.15) is 6.10 Å². The van der Waals surface area contributed by atoms with Crippen molar-refractivity contribution in [2.45, 2.75) is 44.9 Å².